The van der Waals surface area contributed by atoms with Crippen molar-refractivity contribution in [2.24, 2.45) is 0 Å². The third kappa shape index (κ3) is 2.80. The van der Waals surface area contributed by atoms with Gasteiger partial charge in [0.25, 0.3) is 0 Å². The average molecular weight is 226 g/mol. The summed E-state index contributed by atoms with van der Waals surface area (Å²) in [7, 11) is 0. The van der Waals surface area contributed by atoms with E-state index in [1.54, 1.807) is 0 Å². The summed E-state index contributed by atoms with van der Waals surface area (Å²) in [6, 6.07) is 0. The molecule has 1 radical (unpaired) electrons. The topological polar surface area (TPSA) is 0 Å². The summed E-state index contributed by atoms with van der Waals surface area (Å²) in [6.45, 7) is 0. The van der Waals surface area contributed by atoms with E-state index in [1.165, 1.54) is 0 Å². The van der Waals surface area contributed by atoms with E-state index >= 15 is 0 Å². The van der Waals surface area contributed by atoms with Gasteiger partial charge in [-0.2, -0.15) is 0 Å². The molecule has 0 aromatic carbocycles. The van der Waals surface area contributed by atoms with Gasteiger partial charge in [-0.05, 0) is 0 Å². The van der Waals surface area contributed by atoms with Gasteiger partial charge in [0.15, 0.2) is 0 Å². The molecule has 0 rings (SSSR count). The second kappa shape index (κ2) is 2.63. The monoisotopic (exact) mass is 227 g/mol. The molecular weight excluding hydrogens is 223 g/mol. The van der Waals surface area contributed by atoms with E-state index in [9.17, 15) is 26.3 Å². The molecular formula is C3H3F6Ge. The number of hydrogen-bond acceptors (Lipinski definition) is 0. The standard InChI is InChI=1S/C3H3F6Ge/c1-10(2(4,5)6)3(7,8)9/h1H3. The molecule has 0 N–H and O–H groups in total. The van der Waals surface area contributed by atoms with Gasteiger partial charge in [0.05, 0.1) is 0 Å². The van der Waals surface area contributed by atoms with Crippen molar-refractivity contribution in [2.45, 2.75) is 15.8 Å². The molecule has 0 atom stereocenters. The molecule has 0 spiro atoms. The second-order valence-electron chi connectivity index (χ2n) is 1.62. The van der Waals surface area contributed by atoms with E-state index in [4.69, 9.17) is 0 Å². The van der Waals surface area contributed by atoms with E-state index < -0.39 is 24.4 Å². The van der Waals surface area contributed by atoms with Crippen LogP contribution in [-0.4, -0.2) is 24.4 Å². The van der Waals surface area contributed by atoms with E-state index in [-0.39, 0.29) is 5.76 Å². The molecule has 0 fully saturated rings. The second-order valence-corrected chi connectivity index (χ2v) is 6.62. The van der Waals surface area contributed by atoms with Crippen molar-refractivity contribution in [3.63, 3.8) is 0 Å². The van der Waals surface area contributed by atoms with Gasteiger partial charge in [-0.15, -0.1) is 0 Å². The molecule has 0 aliphatic rings. The van der Waals surface area contributed by atoms with Gasteiger partial charge < -0.3 is 0 Å². The molecule has 0 saturated carbocycles. The quantitative estimate of drug-likeness (QED) is 0.439. The first kappa shape index (κ1) is 10.1. The van der Waals surface area contributed by atoms with Crippen molar-refractivity contribution < 1.29 is 26.3 Å². The summed E-state index contributed by atoms with van der Waals surface area (Å²) in [6.07, 6.45) is 0. The van der Waals surface area contributed by atoms with Gasteiger partial charge in [0.2, 0.25) is 0 Å². The molecule has 0 bridgehead atoms. The van der Waals surface area contributed by atoms with Crippen LogP contribution < -0.4 is 0 Å². The van der Waals surface area contributed by atoms with Crippen LogP contribution in [0.2, 0.25) is 5.76 Å². The molecule has 0 aromatic rings. The minimum atomic E-state index is -5.02. The Morgan fingerprint density at radius 1 is 0.800 bits per heavy atom. The Bertz CT molecular complexity index is 97.1. The van der Waals surface area contributed by atoms with Gasteiger partial charge in [-0.3, -0.25) is 0 Å². The van der Waals surface area contributed by atoms with Crippen LogP contribution in [-0.2, 0) is 0 Å². The first-order valence-corrected chi connectivity index (χ1v) is 6.33. The Hall–Kier alpha value is 0.123. The molecule has 0 nitrogen and oxygen atoms in total. The Morgan fingerprint density at radius 3 is 1.00 bits per heavy atom. The normalized spacial score (nSPS) is 14.4. The average Bonchev–Trinajstić information content (AvgIpc) is 1.59. The molecule has 0 saturated heterocycles. The number of hydrogen-bond donors (Lipinski definition) is 0. The maximum absolute atomic E-state index is 11.3. The first-order chi connectivity index (χ1) is 4.15. The van der Waals surface area contributed by atoms with Gasteiger partial charge in [0, 0.05) is 0 Å². The third-order valence-electron chi connectivity index (χ3n) is 0.850. The van der Waals surface area contributed by atoms with Crippen LogP contribution >= 0.6 is 0 Å². The zero-order valence-electron chi connectivity index (χ0n) is 4.77. The summed E-state index contributed by atoms with van der Waals surface area (Å²) in [5, 5.41) is -10.0. The van der Waals surface area contributed by atoms with E-state index in [0.29, 0.717) is 0 Å². The van der Waals surface area contributed by atoms with E-state index in [0.717, 1.165) is 0 Å². The predicted molar refractivity (Wildman–Crippen MR) is 23.7 cm³/mol. The van der Waals surface area contributed by atoms with E-state index in [1.807, 2.05) is 0 Å². The third-order valence-corrected chi connectivity index (χ3v) is 4.42. The summed E-state index contributed by atoms with van der Waals surface area (Å²) in [5.41, 5.74) is 0. The summed E-state index contributed by atoms with van der Waals surface area (Å²) in [4.78, 5) is 0. The summed E-state index contributed by atoms with van der Waals surface area (Å²) >= 11 is -4.85. The van der Waals surface area contributed by atoms with Crippen LogP contribution in [0.4, 0.5) is 26.3 Å². The molecule has 0 aliphatic carbocycles. The predicted octanol–water partition coefficient (Wildman–Crippen LogP) is 2.31. The van der Waals surface area contributed by atoms with Crippen molar-refractivity contribution in [1.82, 2.24) is 0 Å². The van der Waals surface area contributed by atoms with Crippen molar-refractivity contribution in [3.05, 3.63) is 0 Å². The first-order valence-electron chi connectivity index (χ1n) is 2.13. The number of alkyl halides is 6. The van der Waals surface area contributed by atoms with Crippen LogP contribution in [0, 0.1) is 0 Å². The van der Waals surface area contributed by atoms with E-state index in [2.05, 4.69) is 0 Å². The van der Waals surface area contributed by atoms with Crippen LogP contribution in [0.1, 0.15) is 0 Å². The molecule has 10 heavy (non-hydrogen) atoms. The number of halogens is 6. The fraction of sp³-hybridized carbons (Fsp3) is 1.00. The van der Waals surface area contributed by atoms with Gasteiger partial charge >= 0.3 is 56.5 Å². The zero-order chi connectivity index (χ0) is 8.58. The maximum atomic E-state index is 11.3. The fourth-order valence-corrected chi connectivity index (χ4v) is 0.835. The van der Waals surface area contributed by atoms with Crippen LogP contribution in [0.15, 0.2) is 0 Å². The molecule has 0 heterocycles. The van der Waals surface area contributed by atoms with Crippen LogP contribution in [0.5, 0.6) is 0 Å². The zero-order valence-corrected chi connectivity index (χ0v) is 6.87. The van der Waals surface area contributed by atoms with Gasteiger partial charge in [-0.25, -0.2) is 0 Å². The molecule has 0 aliphatic heterocycles. The Balaban J connectivity index is 4.23. The molecule has 0 aromatic heterocycles. The van der Waals surface area contributed by atoms with Crippen molar-refractivity contribution in [3.8, 4) is 0 Å². The van der Waals surface area contributed by atoms with Crippen molar-refractivity contribution in [1.29, 1.82) is 0 Å². The summed E-state index contributed by atoms with van der Waals surface area (Å²) < 4.78 is 67.8. The number of rotatable bonds is 0. The fourth-order valence-electron chi connectivity index (χ4n) is 0.161. The summed E-state index contributed by atoms with van der Waals surface area (Å²) in [5.74, 6) is 0.250. The Kier molecular flexibility index (Phi) is 2.66. The molecule has 0 unspecified atom stereocenters. The molecule has 61 valence electrons. The van der Waals surface area contributed by atoms with Crippen LogP contribution in [0.3, 0.4) is 0 Å². The van der Waals surface area contributed by atoms with Gasteiger partial charge in [0.1, 0.15) is 0 Å². The van der Waals surface area contributed by atoms with Gasteiger partial charge in [-0.1, -0.05) is 0 Å². The molecule has 7 heteroatoms. The van der Waals surface area contributed by atoms with Crippen molar-refractivity contribution in [2.75, 3.05) is 0 Å². The van der Waals surface area contributed by atoms with Crippen molar-refractivity contribution >= 4 is 14.3 Å². The Morgan fingerprint density at radius 2 is 1.00 bits per heavy atom. The minimum absolute atomic E-state index is 0.250. The SMILES string of the molecule is [CH3][Ge]([C](F)(F)F)[C](F)(F)F. The Labute approximate surface area is 57.3 Å². The van der Waals surface area contributed by atoms with Crippen LogP contribution in [0.25, 0.3) is 0 Å². The molecule has 0 amide bonds.